The smallest absolute Gasteiger partial charge is 0.252 e. The zero-order valence-electron chi connectivity index (χ0n) is 8.20. The van der Waals surface area contributed by atoms with Crippen molar-refractivity contribution in [2.24, 2.45) is 5.73 Å². The topological polar surface area (TPSA) is 78.3 Å². The van der Waals surface area contributed by atoms with E-state index in [0.717, 1.165) is 0 Å². The maximum Gasteiger partial charge on any atom is 0.252 e. The fraction of sp³-hybridized carbons (Fsp3) is 0.300. The summed E-state index contributed by atoms with van der Waals surface area (Å²) in [5, 5.41) is 0. The highest BCUT2D eigenvalue weighted by molar-refractivity contribution is 5.96. The lowest BCUT2D eigenvalue weighted by Gasteiger charge is -2.09. The van der Waals surface area contributed by atoms with Gasteiger partial charge in [-0.05, 0) is 12.1 Å². The molecule has 0 saturated heterocycles. The van der Waals surface area contributed by atoms with E-state index in [4.69, 9.17) is 16.2 Å². The fourth-order valence-electron chi connectivity index (χ4n) is 1.10. The largest absolute Gasteiger partial charge is 0.493 e. The summed E-state index contributed by atoms with van der Waals surface area (Å²) in [6.45, 7) is -0.269. The Labute approximate surface area is 87.0 Å². The third-order valence-corrected chi connectivity index (χ3v) is 1.81. The molecule has 0 unspecified atom stereocenters. The molecule has 0 aromatic heterocycles. The number of rotatable bonds is 5. The van der Waals surface area contributed by atoms with Crippen LogP contribution < -0.4 is 16.2 Å². The lowest BCUT2D eigenvalue weighted by atomic mass is 10.1. The minimum atomic E-state index is -0.592. The van der Waals surface area contributed by atoms with Gasteiger partial charge in [0.25, 0.3) is 5.91 Å². The van der Waals surface area contributed by atoms with Gasteiger partial charge in [0.15, 0.2) is 0 Å². The highest BCUT2D eigenvalue weighted by Gasteiger charge is 2.09. The van der Waals surface area contributed by atoms with Crippen LogP contribution >= 0.6 is 0 Å². The van der Waals surface area contributed by atoms with Gasteiger partial charge in [-0.1, -0.05) is 0 Å². The molecule has 0 radical (unpaired) electrons. The number of hydrogen-bond donors (Lipinski definition) is 2. The number of carbonyl (C=O) groups excluding carboxylic acids is 1. The molecule has 4 N–H and O–H groups in total. The first-order valence-electron chi connectivity index (χ1n) is 4.53. The van der Waals surface area contributed by atoms with Gasteiger partial charge in [0, 0.05) is 18.2 Å². The van der Waals surface area contributed by atoms with Crippen molar-refractivity contribution in [3.05, 3.63) is 23.8 Å². The van der Waals surface area contributed by atoms with Gasteiger partial charge >= 0.3 is 0 Å². The number of ether oxygens (including phenoxy) is 1. The van der Waals surface area contributed by atoms with Crippen LogP contribution in [0.3, 0.4) is 0 Å². The molecule has 0 fully saturated rings. The number of hydrogen-bond acceptors (Lipinski definition) is 3. The highest BCUT2D eigenvalue weighted by atomic mass is 19.1. The molecule has 5 heteroatoms. The summed E-state index contributed by atoms with van der Waals surface area (Å²) in [5.41, 5.74) is 11.4. The Morgan fingerprint density at radius 2 is 2.20 bits per heavy atom. The summed E-state index contributed by atoms with van der Waals surface area (Å²) in [5.74, 6) is -0.291. The van der Waals surface area contributed by atoms with Crippen molar-refractivity contribution in [2.45, 2.75) is 6.42 Å². The lowest BCUT2D eigenvalue weighted by Crippen LogP contribution is -2.13. The molecule has 1 aromatic carbocycles. The molecule has 4 nitrogen and oxygen atoms in total. The van der Waals surface area contributed by atoms with Crippen molar-refractivity contribution in [1.29, 1.82) is 0 Å². The SMILES string of the molecule is NC(=O)c1ccc(N)cc1OCCCF. The number of nitrogens with two attached hydrogens (primary N) is 2. The van der Waals surface area contributed by atoms with E-state index in [-0.39, 0.29) is 18.6 Å². The van der Waals surface area contributed by atoms with E-state index in [2.05, 4.69) is 0 Å². The maximum atomic E-state index is 11.8. The molecular formula is C10H13FN2O2. The second kappa shape index (κ2) is 5.19. The first kappa shape index (κ1) is 11.3. The predicted molar refractivity (Wildman–Crippen MR) is 55.5 cm³/mol. The van der Waals surface area contributed by atoms with Crippen molar-refractivity contribution in [3.8, 4) is 5.75 Å². The van der Waals surface area contributed by atoms with Crippen molar-refractivity contribution in [2.75, 3.05) is 19.0 Å². The summed E-state index contributed by atoms with van der Waals surface area (Å²) in [6.07, 6.45) is 0.271. The second-order valence-electron chi connectivity index (χ2n) is 3.01. The number of carbonyl (C=O) groups is 1. The van der Waals surface area contributed by atoms with Gasteiger partial charge in [-0.3, -0.25) is 9.18 Å². The van der Waals surface area contributed by atoms with Crippen LogP contribution in [0.2, 0.25) is 0 Å². The summed E-state index contributed by atoms with van der Waals surface area (Å²) in [6, 6.07) is 4.54. The van der Waals surface area contributed by atoms with Crippen LogP contribution in [0.25, 0.3) is 0 Å². The molecule has 0 atom stereocenters. The van der Waals surface area contributed by atoms with Crippen molar-refractivity contribution >= 4 is 11.6 Å². The summed E-state index contributed by atoms with van der Waals surface area (Å²) < 4.78 is 17.0. The molecule has 1 aromatic rings. The Hall–Kier alpha value is -1.78. The molecule has 0 spiro atoms. The molecule has 0 aliphatic heterocycles. The fourth-order valence-corrected chi connectivity index (χ4v) is 1.10. The summed E-state index contributed by atoms with van der Waals surface area (Å²) in [4.78, 5) is 11.0. The lowest BCUT2D eigenvalue weighted by molar-refractivity contribution is 0.0996. The van der Waals surface area contributed by atoms with Crippen LogP contribution in [-0.2, 0) is 0 Å². The standard InChI is InChI=1S/C10H13FN2O2/c11-4-1-5-15-9-6-7(12)2-3-8(9)10(13)14/h2-3,6H,1,4-5,12H2,(H2,13,14). The van der Waals surface area contributed by atoms with Crippen LogP contribution in [0.1, 0.15) is 16.8 Å². The summed E-state index contributed by atoms with van der Waals surface area (Å²) in [7, 11) is 0. The number of halogens is 1. The molecule has 82 valence electrons. The average molecular weight is 212 g/mol. The van der Waals surface area contributed by atoms with Crippen molar-refractivity contribution in [1.82, 2.24) is 0 Å². The molecule has 0 aliphatic carbocycles. The molecule has 0 heterocycles. The van der Waals surface area contributed by atoms with Crippen molar-refractivity contribution in [3.63, 3.8) is 0 Å². The van der Waals surface area contributed by atoms with Gasteiger partial charge < -0.3 is 16.2 Å². The van der Waals surface area contributed by atoms with Gasteiger partial charge in [0.1, 0.15) is 5.75 Å². The van der Waals surface area contributed by atoms with Crippen molar-refractivity contribution < 1.29 is 13.9 Å². The van der Waals surface area contributed by atoms with Crippen LogP contribution in [-0.4, -0.2) is 19.2 Å². The molecule has 0 aliphatic rings. The van der Waals surface area contributed by atoms with E-state index in [1.54, 1.807) is 6.07 Å². The van der Waals surface area contributed by atoms with Gasteiger partial charge in [0.05, 0.1) is 18.8 Å². The first-order valence-corrected chi connectivity index (χ1v) is 4.53. The van der Waals surface area contributed by atoms with Gasteiger partial charge in [-0.2, -0.15) is 0 Å². The minimum absolute atomic E-state index is 0.195. The number of primary amides is 1. The third-order valence-electron chi connectivity index (χ3n) is 1.81. The zero-order valence-corrected chi connectivity index (χ0v) is 8.20. The van der Waals surface area contributed by atoms with Crippen LogP contribution in [0.15, 0.2) is 18.2 Å². The van der Waals surface area contributed by atoms with E-state index in [9.17, 15) is 9.18 Å². The van der Waals surface area contributed by atoms with E-state index >= 15 is 0 Å². The molecule has 0 saturated carbocycles. The highest BCUT2D eigenvalue weighted by Crippen LogP contribution is 2.21. The molecular weight excluding hydrogens is 199 g/mol. The average Bonchev–Trinajstić information content (AvgIpc) is 2.18. The monoisotopic (exact) mass is 212 g/mol. The normalized spacial score (nSPS) is 9.93. The third kappa shape index (κ3) is 3.12. The van der Waals surface area contributed by atoms with Crippen LogP contribution in [0.4, 0.5) is 10.1 Å². The number of benzene rings is 1. The molecule has 15 heavy (non-hydrogen) atoms. The Bertz CT molecular complexity index is 355. The minimum Gasteiger partial charge on any atom is -0.493 e. The Kier molecular flexibility index (Phi) is 3.91. The van der Waals surface area contributed by atoms with E-state index in [1.807, 2.05) is 0 Å². The van der Waals surface area contributed by atoms with Crippen LogP contribution in [0, 0.1) is 0 Å². The molecule has 1 rings (SSSR count). The predicted octanol–water partition coefficient (Wildman–Crippen LogP) is 1.11. The molecule has 0 bridgehead atoms. The first-order chi connectivity index (χ1) is 7.15. The number of alkyl halides is 1. The maximum absolute atomic E-state index is 11.8. The molecule has 1 amide bonds. The van der Waals surface area contributed by atoms with Gasteiger partial charge in [0.2, 0.25) is 0 Å². The van der Waals surface area contributed by atoms with Crippen LogP contribution in [0.5, 0.6) is 5.75 Å². The quantitative estimate of drug-likeness (QED) is 0.566. The Balaban J connectivity index is 2.82. The Morgan fingerprint density at radius 1 is 1.47 bits per heavy atom. The number of nitrogen functional groups attached to an aromatic ring is 1. The van der Waals surface area contributed by atoms with Gasteiger partial charge in [-0.15, -0.1) is 0 Å². The van der Waals surface area contributed by atoms with E-state index in [0.29, 0.717) is 11.4 Å². The van der Waals surface area contributed by atoms with E-state index in [1.165, 1.54) is 12.1 Å². The number of amides is 1. The number of anilines is 1. The summed E-state index contributed by atoms with van der Waals surface area (Å²) >= 11 is 0. The Morgan fingerprint density at radius 3 is 2.80 bits per heavy atom. The zero-order chi connectivity index (χ0) is 11.3. The second-order valence-corrected chi connectivity index (χ2v) is 3.01. The van der Waals surface area contributed by atoms with Gasteiger partial charge in [-0.25, -0.2) is 0 Å². The van der Waals surface area contributed by atoms with E-state index < -0.39 is 12.6 Å².